The largest absolute Gasteiger partial charge is 0.497 e. The van der Waals surface area contributed by atoms with Crippen LogP contribution < -0.4 is 10.1 Å². The number of nitrogens with one attached hydrogen (secondary N) is 1. The van der Waals surface area contributed by atoms with Crippen molar-refractivity contribution >= 4 is 28.6 Å². The van der Waals surface area contributed by atoms with Gasteiger partial charge in [0.1, 0.15) is 5.75 Å². The van der Waals surface area contributed by atoms with Crippen LogP contribution in [0.4, 0.5) is 0 Å². The SMILES string of the molecule is COc1cccc(C(=O)NCCc2ccc(-c3csc(C)n3)s2)c1. The van der Waals surface area contributed by atoms with Crippen molar-refractivity contribution in [1.29, 1.82) is 0 Å². The van der Waals surface area contributed by atoms with Crippen LogP contribution in [0.3, 0.4) is 0 Å². The van der Waals surface area contributed by atoms with Crippen molar-refractivity contribution in [3.05, 3.63) is 57.2 Å². The molecular formula is C18H18N2O2S2. The van der Waals surface area contributed by atoms with Gasteiger partial charge in [0.15, 0.2) is 0 Å². The van der Waals surface area contributed by atoms with Crippen LogP contribution in [0.25, 0.3) is 10.6 Å². The maximum absolute atomic E-state index is 12.2. The van der Waals surface area contributed by atoms with E-state index in [4.69, 9.17) is 4.74 Å². The molecular weight excluding hydrogens is 340 g/mol. The molecule has 0 fully saturated rings. The fraction of sp³-hybridized carbons (Fsp3) is 0.222. The van der Waals surface area contributed by atoms with Crippen molar-refractivity contribution in [3.63, 3.8) is 0 Å². The number of thiophene rings is 1. The average molecular weight is 358 g/mol. The molecule has 124 valence electrons. The van der Waals surface area contributed by atoms with Crippen LogP contribution in [0.1, 0.15) is 20.2 Å². The number of carbonyl (C=O) groups excluding carboxylic acids is 1. The number of aromatic nitrogens is 1. The van der Waals surface area contributed by atoms with Gasteiger partial charge in [-0.25, -0.2) is 4.98 Å². The number of hydrogen-bond donors (Lipinski definition) is 1. The molecule has 3 aromatic rings. The standard InChI is InChI=1S/C18H18N2O2S2/c1-12-20-16(11-23-12)17-7-6-15(24-17)8-9-19-18(21)13-4-3-5-14(10-13)22-2/h3-7,10-11H,8-9H2,1-2H3,(H,19,21). The van der Waals surface area contributed by atoms with Gasteiger partial charge in [-0.1, -0.05) is 6.07 Å². The summed E-state index contributed by atoms with van der Waals surface area (Å²) in [4.78, 5) is 19.1. The van der Waals surface area contributed by atoms with Crippen molar-refractivity contribution in [2.24, 2.45) is 0 Å². The second-order valence-electron chi connectivity index (χ2n) is 5.26. The van der Waals surface area contributed by atoms with Crippen LogP contribution in [0.15, 0.2) is 41.8 Å². The third-order valence-electron chi connectivity index (χ3n) is 3.52. The minimum atomic E-state index is -0.0826. The van der Waals surface area contributed by atoms with Crippen LogP contribution in [0, 0.1) is 6.92 Å². The number of thiazole rings is 1. The molecule has 2 aromatic heterocycles. The third-order valence-corrected chi connectivity index (χ3v) is 5.46. The summed E-state index contributed by atoms with van der Waals surface area (Å²) < 4.78 is 5.14. The molecule has 0 aliphatic heterocycles. The topological polar surface area (TPSA) is 51.2 Å². The molecule has 0 bridgehead atoms. The highest BCUT2D eigenvalue weighted by Crippen LogP contribution is 2.29. The lowest BCUT2D eigenvalue weighted by Crippen LogP contribution is -2.25. The fourth-order valence-electron chi connectivity index (χ4n) is 2.29. The Hall–Kier alpha value is -2.18. The molecule has 1 aromatic carbocycles. The number of hydrogen-bond acceptors (Lipinski definition) is 5. The van der Waals surface area contributed by atoms with Crippen molar-refractivity contribution < 1.29 is 9.53 Å². The number of nitrogens with zero attached hydrogens (tertiary/aromatic N) is 1. The van der Waals surface area contributed by atoms with Gasteiger partial charge in [-0.3, -0.25) is 4.79 Å². The van der Waals surface area contributed by atoms with E-state index < -0.39 is 0 Å². The van der Waals surface area contributed by atoms with E-state index in [-0.39, 0.29) is 5.91 Å². The Kier molecular flexibility index (Phi) is 5.27. The number of amides is 1. The molecule has 1 N–H and O–H groups in total. The van der Waals surface area contributed by atoms with E-state index in [1.165, 1.54) is 9.75 Å². The maximum Gasteiger partial charge on any atom is 0.251 e. The lowest BCUT2D eigenvalue weighted by Gasteiger charge is -2.06. The Morgan fingerprint density at radius 1 is 1.29 bits per heavy atom. The molecule has 0 unspecified atom stereocenters. The number of carbonyl (C=O) groups is 1. The molecule has 3 rings (SSSR count). The Morgan fingerprint density at radius 3 is 2.92 bits per heavy atom. The Labute approximate surface area is 149 Å². The summed E-state index contributed by atoms with van der Waals surface area (Å²) in [5.41, 5.74) is 1.65. The summed E-state index contributed by atoms with van der Waals surface area (Å²) in [7, 11) is 1.59. The highest BCUT2D eigenvalue weighted by molar-refractivity contribution is 7.16. The van der Waals surface area contributed by atoms with Crippen LogP contribution in [-0.4, -0.2) is 24.5 Å². The average Bonchev–Trinajstić information content (AvgIpc) is 3.23. The van der Waals surface area contributed by atoms with Crippen molar-refractivity contribution in [3.8, 4) is 16.3 Å². The van der Waals surface area contributed by atoms with Crippen LogP contribution >= 0.6 is 22.7 Å². The van der Waals surface area contributed by atoms with Gasteiger partial charge >= 0.3 is 0 Å². The number of aryl methyl sites for hydroxylation is 1. The molecule has 4 nitrogen and oxygen atoms in total. The first-order valence-electron chi connectivity index (χ1n) is 7.59. The first-order valence-corrected chi connectivity index (χ1v) is 9.29. The molecule has 0 radical (unpaired) electrons. The highest BCUT2D eigenvalue weighted by atomic mass is 32.1. The second-order valence-corrected chi connectivity index (χ2v) is 7.49. The van der Waals surface area contributed by atoms with Gasteiger partial charge in [0.2, 0.25) is 0 Å². The monoisotopic (exact) mass is 358 g/mol. The Bertz CT molecular complexity index is 839. The lowest BCUT2D eigenvalue weighted by atomic mass is 10.2. The predicted octanol–water partition coefficient (Wildman–Crippen LogP) is 4.16. The third kappa shape index (κ3) is 4.01. The van der Waals surface area contributed by atoms with Gasteiger partial charge in [0.05, 0.1) is 22.7 Å². The van der Waals surface area contributed by atoms with E-state index in [1.54, 1.807) is 41.9 Å². The van der Waals surface area contributed by atoms with E-state index in [1.807, 2.05) is 19.1 Å². The first-order chi connectivity index (χ1) is 11.7. The zero-order valence-corrected chi connectivity index (χ0v) is 15.2. The van der Waals surface area contributed by atoms with Gasteiger partial charge in [0.25, 0.3) is 5.91 Å². The molecule has 0 saturated heterocycles. The number of methoxy groups -OCH3 is 1. The summed E-state index contributed by atoms with van der Waals surface area (Å²) in [5, 5.41) is 6.10. The second kappa shape index (κ2) is 7.59. The Morgan fingerprint density at radius 2 is 2.17 bits per heavy atom. The molecule has 0 saturated carbocycles. The van der Waals surface area contributed by atoms with Gasteiger partial charge in [-0.15, -0.1) is 22.7 Å². The zero-order chi connectivity index (χ0) is 16.9. The molecule has 0 spiro atoms. The van der Waals surface area contributed by atoms with E-state index in [2.05, 4.69) is 27.8 Å². The summed E-state index contributed by atoms with van der Waals surface area (Å²) in [5.74, 6) is 0.602. The lowest BCUT2D eigenvalue weighted by molar-refractivity contribution is 0.0954. The van der Waals surface area contributed by atoms with E-state index in [0.717, 1.165) is 17.1 Å². The zero-order valence-electron chi connectivity index (χ0n) is 13.5. The van der Waals surface area contributed by atoms with Crippen molar-refractivity contribution in [2.45, 2.75) is 13.3 Å². The molecule has 24 heavy (non-hydrogen) atoms. The predicted molar refractivity (Wildman–Crippen MR) is 99.2 cm³/mol. The van der Waals surface area contributed by atoms with Gasteiger partial charge < -0.3 is 10.1 Å². The van der Waals surface area contributed by atoms with Gasteiger partial charge in [0, 0.05) is 22.4 Å². The summed E-state index contributed by atoms with van der Waals surface area (Å²) in [6, 6.07) is 11.4. The highest BCUT2D eigenvalue weighted by Gasteiger charge is 2.08. The first kappa shape index (κ1) is 16.7. The van der Waals surface area contributed by atoms with Crippen LogP contribution in [-0.2, 0) is 6.42 Å². The Balaban J connectivity index is 1.54. The molecule has 0 aliphatic carbocycles. The van der Waals surface area contributed by atoms with Gasteiger partial charge in [-0.05, 0) is 43.7 Å². The van der Waals surface area contributed by atoms with Gasteiger partial charge in [-0.2, -0.15) is 0 Å². The smallest absolute Gasteiger partial charge is 0.251 e. The summed E-state index contributed by atoms with van der Waals surface area (Å²) in [6.45, 7) is 2.61. The van der Waals surface area contributed by atoms with E-state index >= 15 is 0 Å². The fourth-order valence-corrected chi connectivity index (χ4v) is 3.95. The number of rotatable bonds is 6. The minimum Gasteiger partial charge on any atom is -0.497 e. The van der Waals surface area contributed by atoms with E-state index in [9.17, 15) is 4.79 Å². The quantitative estimate of drug-likeness (QED) is 0.720. The molecule has 6 heteroatoms. The molecule has 2 heterocycles. The van der Waals surface area contributed by atoms with E-state index in [0.29, 0.717) is 17.9 Å². The maximum atomic E-state index is 12.2. The molecule has 1 amide bonds. The van der Waals surface area contributed by atoms with Crippen molar-refractivity contribution in [2.75, 3.05) is 13.7 Å². The summed E-state index contributed by atoms with van der Waals surface area (Å²) in [6.07, 6.45) is 0.809. The number of ether oxygens (including phenoxy) is 1. The summed E-state index contributed by atoms with van der Waals surface area (Å²) >= 11 is 3.38. The normalized spacial score (nSPS) is 10.6. The molecule has 0 atom stereocenters. The van der Waals surface area contributed by atoms with Crippen LogP contribution in [0.5, 0.6) is 5.75 Å². The van der Waals surface area contributed by atoms with Crippen LogP contribution in [0.2, 0.25) is 0 Å². The number of benzene rings is 1. The van der Waals surface area contributed by atoms with Crippen molar-refractivity contribution in [1.82, 2.24) is 10.3 Å². The minimum absolute atomic E-state index is 0.0826. The molecule has 0 aliphatic rings.